The third-order valence-electron chi connectivity index (χ3n) is 5.88. The predicted octanol–water partition coefficient (Wildman–Crippen LogP) is 3.45. The van der Waals surface area contributed by atoms with Gasteiger partial charge in [-0.25, -0.2) is 4.79 Å². The number of nitrogens with zero attached hydrogens (tertiary/aromatic N) is 1. The van der Waals surface area contributed by atoms with E-state index in [0.717, 1.165) is 44.1 Å². The van der Waals surface area contributed by atoms with Gasteiger partial charge in [-0.05, 0) is 55.7 Å². The van der Waals surface area contributed by atoms with Crippen molar-refractivity contribution in [3.05, 3.63) is 35.4 Å². The molecule has 4 atom stereocenters. The van der Waals surface area contributed by atoms with E-state index in [1.807, 2.05) is 18.3 Å². The summed E-state index contributed by atoms with van der Waals surface area (Å²) in [6.07, 6.45) is 9.06. The fourth-order valence-corrected chi connectivity index (χ4v) is 4.28. The molecule has 2 N–H and O–H groups in total. The van der Waals surface area contributed by atoms with E-state index in [9.17, 15) is 9.59 Å². The molecule has 6 nitrogen and oxygen atoms in total. The van der Waals surface area contributed by atoms with Gasteiger partial charge in [-0.3, -0.25) is 4.79 Å². The van der Waals surface area contributed by atoms with Crippen molar-refractivity contribution in [1.82, 2.24) is 5.43 Å². The summed E-state index contributed by atoms with van der Waals surface area (Å²) >= 11 is 0. The first-order valence-corrected chi connectivity index (χ1v) is 10.3. The molecule has 3 rings (SSSR count). The number of ether oxygens (including phenoxy) is 1. The SMILES string of the molecule is CCCCC(=O)CN/N=C/C1C2CCC(O2)C1CCc1ccc(C(=O)O)cc1. The van der Waals surface area contributed by atoms with Crippen LogP contribution in [0.15, 0.2) is 29.4 Å². The van der Waals surface area contributed by atoms with Crippen molar-refractivity contribution in [2.45, 2.75) is 64.1 Å². The van der Waals surface area contributed by atoms with Gasteiger partial charge >= 0.3 is 5.97 Å². The highest BCUT2D eigenvalue weighted by Gasteiger charge is 2.47. The highest BCUT2D eigenvalue weighted by Crippen LogP contribution is 2.44. The van der Waals surface area contributed by atoms with Gasteiger partial charge in [-0.1, -0.05) is 25.5 Å². The van der Waals surface area contributed by atoms with Crippen LogP contribution in [0.1, 0.15) is 61.4 Å². The van der Waals surface area contributed by atoms with Crippen LogP contribution in [0.5, 0.6) is 0 Å². The van der Waals surface area contributed by atoms with Crippen molar-refractivity contribution in [1.29, 1.82) is 0 Å². The van der Waals surface area contributed by atoms with Crippen molar-refractivity contribution >= 4 is 18.0 Å². The van der Waals surface area contributed by atoms with E-state index in [2.05, 4.69) is 17.5 Å². The number of carboxylic acid groups (broad SMARTS) is 1. The number of aryl methyl sites for hydroxylation is 1. The summed E-state index contributed by atoms with van der Waals surface area (Å²) in [6, 6.07) is 7.11. The van der Waals surface area contributed by atoms with Crippen LogP contribution in [0.3, 0.4) is 0 Å². The van der Waals surface area contributed by atoms with Gasteiger partial charge in [0.2, 0.25) is 0 Å². The summed E-state index contributed by atoms with van der Waals surface area (Å²) in [5.74, 6) is -0.0101. The van der Waals surface area contributed by atoms with E-state index in [-0.39, 0.29) is 23.9 Å². The number of carbonyl (C=O) groups excluding carboxylic acids is 1. The first-order valence-electron chi connectivity index (χ1n) is 10.3. The van der Waals surface area contributed by atoms with E-state index >= 15 is 0 Å². The number of ketones is 1. The van der Waals surface area contributed by atoms with Crippen molar-refractivity contribution in [2.75, 3.05) is 6.54 Å². The Morgan fingerprint density at radius 3 is 2.71 bits per heavy atom. The number of Topliss-reactive ketones (excluding diaryl/α,β-unsaturated/α-hetero) is 1. The predicted molar refractivity (Wildman–Crippen MR) is 108 cm³/mol. The van der Waals surface area contributed by atoms with Gasteiger partial charge in [-0.15, -0.1) is 0 Å². The molecule has 4 unspecified atom stereocenters. The average molecular weight is 386 g/mol. The van der Waals surface area contributed by atoms with Crippen molar-refractivity contribution < 1.29 is 19.4 Å². The number of hydrogen-bond donors (Lipinski definition) is 2. The van der Waals surface area contributed by atoms with Crippen LogP contribution < -0.4 is 5.43 Å². The van der Waals surface area contributed by atoms with Crippen LogP contribution in [0.25, 0.3) is 0 Å². The Balaban J connectivity index is 1.50. The Hall–Kier alpha value is -2.21. The number of hydrogen-bond acceptors (Lipinski definition) is 5. The molecule has 0 saturated carbocycles. The summed E-state index contributed by atoms with van der Waals surface area (Å²) in [6.45, 7) is 2.37. The van der Waals surface area contributed by atoms with E-state index < -0.39 is 5.97 Å². The molecule has 6 heteroatoms. The zero-order chi connectivity index (χ0) is 19.9. The molecule has 152 valence electrons. The number of rotatable bonds is 11. The lowest BCUT2D eigenvalue weighted by molar-refractivity contribution is -0.118. The second-order valence-corrected chi connectivity index (χ2v) is 7.83. The van der Waals surface area contributed by atoms with Gasteiger partial charge in [0.25, 0.3) is 0 Å². The molecule has 2 saturated heterocycles. The molecule has 0 aliphatic carbocycles. The third kappa shape index (κ3) is 5.19. The lowest BCUT2D eigenvalue weighted by atomic mass is 9.77. The number of carboxylic acids is 1. The average Bonchev–Trinajstić information content (AvgIpc) is 3.30. The van der Waals surface area contributed by atoms with Crippen LogP contribution >= 0.6 is 0 Å². The number of aromatic carboxylic acids is 1. The van der Waals surface area contributed by atoms with Gasteiger partial charge in [0.05, 0.1) is 24.3 Å². The minimum absolute atomic E-state index is 0.199. The molecule has 0 amide bonds. The smallest absolute Gasteiger partial charge is 0.335 e. The molecule has 0 radical (unpaired) electrons. The summed E-state index contributed by atoms with van der Waals surface area (Å²) in [5.41, 5.74) is 4.36. The number of benzene rings is 1. The van der Waals surface area contributed by atoms with Gasteiger partial charge in [0, 0.05) is 18.6 Å². The summed E-state index contributed by atoms with van der Waals surface area (Å²) < 4.78 is 6.10. The maximum atomic E-state index is 11.7. The number of nitrogens with one attached hydrogen (secondary N) is 1. The Kier molecular flexibility index (Phi) is 7.20. The molecule has 1 aromatic carbocycles. The molecule has 2 fully saturated rings. The number of hydrazone groups is 1. The van der Waals surface area contributed by atoms with E-state index in [4.69, 9.17) is 9.84 Å². The molecular weight excluding hydrogens is 356 g/mol. The molecular formula is C22H30N2O4. The first-order chi connectivity index (χ1) is 13.6. The number of unbranched alkanes of at least 4 members (excludes halogenated alkanes) is 1. The van der Waals surface area contributed by atoms with Crippen molar-refractivity contribution in [3.8, 4) is 0 Å². The molecule has 0 aromatic heterocycles. The van der Waals surface area contributed by atoms with E-state index in [0.29, 0.717) is 24.4 Å². The van der Waals surface area contributed by atoms with Gasteiger partial charge in [0.15, 0.2) is 5.78 Å². The Morgan fingerprint density at radius 1 is 1.25 bits per heavy atom. The minimum Gasteiger partial charge on any atom is -0.478 e. The van der Waals surface area contributed by atoms with Crippen LogP contribution in [-0.2, 0) is 16.0 Å². The maximum absolute atomic E-state index is 11.7. The highest BCUT2D eigenvalue weighted by molar-refractivity contribution is 5.87. The molecule has 2 aliphatic heterocycles. The molecule has 2 bridgehead atoms. The van der Waals surface area contributed by atoms with E-state index in [1.54, 1.807) is 12.1 Å². The largest absolute Gasteiger partial charge is 0.478 e. The Labute approximate surface area is 166 Å². The highest BCUT2D eigenvalue weighted by atomic mass is 16.5. The Morgan fingerprint density at radius 2 is 2.00 bits per heavy atom. The minimum atomic E-state index is -0.898. The normalized spacial score (nSPS) is 26.0. The van der Waals surface area contributed by atoms with Crippen LogP contribution in [0.4, 0.5) is 0 Å². The quantitative estimate of drug-likeness (QED) is 0.449. The molecule has 2 heterocycles. The zero-order valence-electron chi connectivity index (χ0n) is 16.5. The second kappa shape index (κ2) is 9.82. The molecule has 28 heavy (non-hydrogen) atoms. The molecule has 2 aliphatic rings. The fraction of sp³-hybridized carbons (Fsp3) is 0.591. The topological polar surface area (TPSA) is 88.0 Å². The monoisotopic (exact) mass is 386 g/mol. The number of fused-ring (bicyclic) bond motifs is 2. The van der Waals surface area contributed by atoms with Gasteiger partial charge < -0.3 is 15.3 Å². The summed E-state index contributed by atoms with van der Waals surface area (Å²) in [7, 11) is 0. The third-order valence-corrected chi connectivity index (χ3v) is 5.88. The second-order valence-electron chi connectivity index (χ2n) is 7.83. The lowest BCUT2D eigenvalue weighted by Crippen LogP contribution is -2.29. The van der Waals surface area contributed by atoms with Crippen LogP contribution in [0, 0.1) is 11.8 Å². The number of carbonyl (C=O) groups is 2. The van der Waals surface area contributed by atoms with Crippen LogP contribution in [-0.4, -0.2) is 41.8 Å². The van der Waals surface area contributed by atoms with Crippen LogP contribution in [0.2, 0.25) is 0 Å². The van der Waals surface area contributed by atoms with Crippen molar-refractivity contribution in [2.24, 2.45) is 16.9 Å². The van der Waals surface area contributed by atoms with Crippen molar-refractivity contribution in [3.63, 3.8) is 0 Å². The molecule has 1 aromatic rings. The van der Waals surface area contributed by atoms with Gasteiger partial charge in [0.1, 0.15) is 0 Å². The lowest BCUT2D eigenvalue weighted by Gasteiger charge is -2.25. The first kappa shape index (κ1) is 20.5. The molecule has 0 spiro atoms. The van der Waals surface area contributed by atoms with E-state index in [1.165, 1.54) is 0 Å². The summed E-state index contributed by atoms with van der Waals surface area (Å²) in [5, 5.41) is 13.3. The fourth-order valence-electron chi connectivity index (χ4n) is 4.28. The zero-order valence-corrected chi connectivity index (χ0v) is 16.5. The summed E-state index contributed by atoms with van der Waals surface area (Å²) in [4.78, 5) is 22.7. The van der Waals surface area contributed by atoms with Gasteiger partial charge in [-0.2, -0.15) is 5.10 Å². The standard InChI is InChI=1S/C22H30N2O4/c1-2-3-4-17(25)13-23-24-14-19-18(20-11-12-21(19)28-20)10-7-15-5-8-16(9-6-15)22(26)27/h5-6,8-9,14,18-21,23H,2-4,7,10-13H2,1H3,(H,26,27)/b24-14+. The maximum Gasteiger partial charge on any atom is 0.335 e. The Bertz CT molecular complexity index is 701.